The van der Waals surface area contributed by atoms with E-state index in [4.69, 9.17) is 9.47 Å². The Labute approximate surface area is 161 Å². The summed E-state index contributed by atoms with van der Waals surface area (Å²) in [6.07, 6.45) is 1.51. The molecule has 7 nitrogen and oxygen atoms in total. The maximum Gasteiger partial charge on any atom is 0.387 e. The second-order valence-corrected chi connectivity index (χ2v) is 5.83. The third kappa shape index (κ3) is 4.86. The van der Waals surface area contributed by atoms with Crippen molar-refractivity contribution in [3.05, 3.63) is 53.8 Å². The molecule has 0 radical (unpaired) electrons. The number of carbonyl (C=O) groups excluding carboxylic acids is 2. The van der Waals surface area contributed by atoms with Crippen LogP contribution in [0.25, 0.3) is 0 Å². The molecule has 2 rings (SSSR count). The van der Waals surface area contributed by atoms with Crippen LogP contribution >= 0.6 is 0 Å². The summed E-state index contributed by atoms with van der Waals surface area (Å²) in [6, 6.07) is 4.44. The number of amides is 2. The number of nitrogens with zero attached hydrogens (tertiary/aromatic N) is 1. The van der Waals surface area contributed by atoms with E-state index in [0.717, 1.165) is 0 Å². The molecule has 2 amide bonds. The lowest BCUT2D eigenvalue weighted by atomic mass is 9.94. The first-order chi connectivity index (χ1) is 13.4. The van der Waals surface area contributed by atoms with Gasteiger partial charge in [-0.3, -0.25) is 4.90 Å². The Bertz CT molecular complexity index is 766. The molecule has 9 heteroatoms. The number of esters is 1. The largest absolute Gasteiger partial charge is 0.460 e. The first-order valence-electron chi connectivity index (χ1n) is 8.50. The Morgan fingerprint density at radius 1 is 1.36 bits per heavy atom. The van der Waals surface area contributed by atoms with Crippen molar-refractivity contribution in [1.29, 1.82) is 0 Å². The van der Waals surface area contributed by atoms with Gasteiger partial charge >= 0.3 is 18.6 Å². The van der Waals surface area contributed by atoms with E-state index in [1.165, 1.54) is 36.3 Å². The number of ether oxygens (including phenoxy) is 3. The number of methoxy groups -OCH3 is 1. The van der Waals surface area contributed by atoms with Gasteiger partial charge in [0.1, 0.15) is 12.4 Å². The predicted molar refractivity (Wildman–Crippen MR) is 96.8 cm³/mol. The standard InChI is InChI=1S/C19H22F2N2O5/c1-4-9-23-12(2)15(17(24)27-11-10-26-3)16(22-19(23)25)13-7-5-6-8-14(13)28-18(20)21/h4-8,16,18H,1,9-11H2,2-3H3,(H,22,25). The van der Waals surface area contributed by atoms with Crippen LogP contribution in [-0.4, -0.2) is 50.4 Å². The molecule has 0 aromatic heterocycles. The minimum absolute atomic E-state index is 0.00339. The lowest BCUT2D eigenvalue weighted by Gasteiger charge is -2.35. The van der Waals surface area contributed by atoms with E-state index in [-0.39, 0.29) is 36.6 Å². The molecular weight excluding hydrogens is 374 g/mol. The SMILES string of the molecule is C=CCN1C(=O)NC(c2ccccc2OC(F)F)C(C(=O)OCCOC)=C1C. The molecule has 28 heavy (non-hydrogen) atoms. The number of alkyl halides is 2. The highest BCUT2D eigenvalue weighted by atomic mass is 19.3. The average molecular weight is 396 g/mol. The predicted octanol–water partition coefficient (Wildman–Crippen LogP) is 3.00. The zero-order valence-electron chi connectivity index (χ0n) is 15.6. The van der Waals surface area contributed by atoms with Crippen LogP contribution in [0.1, 0.15) is 18.5 Å². The van der Waals surface area contributed by atoms with E-state index in [1.807, 2.05) is 0 Å². The molecule has 152 valence electrons. The first-order valence-corrected chi connectivity index (χ1v) is 8.50. The topological polar surface area (TPSA) is 77.1 Å². The van der Waals surface area contributed by atoms with E-state index in [2.05, 4.69) is 16.6 Å². The van der Waals surface area contributed by atoms with Crippen molar-refractivity contribution in [1.82, 2.24) is 10.2 Å². The summed E-state index contributed by atoms with van der Waals surface area (Å²) in [5, 5.41) is 2.66. The Balaban J connectivity index is 2.50. The Hall–Kier alpha value is -2.94. The summed E-state index contributed by atoms with van der Waals surface area (Å²) in [4.78, 5) is 26.6. The summed E-state index contributed by atoms with van der Waals surface area (Å²) in [5.74, 6) is -0.838. The number of para-hydroxylation sites is 1. The first kappa shape index (κ1) is 21.4. The fourth-order valence-electron chi connectivity index (χ4n) is 2.85. The molecule has 1 atom stereocenters. The quantitative estimate of drug-likeness (QED) is 0.395. The van der Waals surface area contributed by atoms with E-state index in [0.29, 0.717) is 5.70 Å². The maximum absolute atomic E-state index is 12.8. The fourth-order valence-corrected chi connectivity index (χ4v) is 2.85. The van der Waals surface area contributed by atoms with Crippen molar-refractivity contribution in [2.45, 2.75) is 19.6 Å². The van der Waals surface area contributed by atoms with Crippen molar-refractivity contribution < 1.29 is 32.6 Å². The van der Waals surface area contributed by atoms with Crippen molar-refractivity contribution in [3.63, 3.8) is 0 Å². The minimum Gasteiger partial charge on any atom is -0.460 e. The lowest BCUT2D eigenvalue weighted by Crippen LogP contribution is -2.48. The van der Waals surface area contributed by atoms with Gasteiger partial charge in [-0.05, 0) is 13.0 Å². The molecule has 0 bridgehead atoms. The van der Waals surface area contributed by atoms with Crippen molar-refractivity contribution in [2.24, 2.45) is 0 Å². The molecule has 0 saturated heterocycles. The summed E-state index contributed by atoms with van der Waals surface area (Å²) >= 11 is 0. The number of carbonyl (C=O) groups is 2. The molecule has 0 aliphatic carbocycles. The highest BCUT2D eigenvalue weighted by Crippen LogP contribution is 2.36. The Morgan fingerprint density at radius 3 is 2.71 bits per heavy atom. The van der Waals surface area contributed by atoms with Gasteiger partial charge in [0.05, 0.1) is 18.2 Å². The number of rotatable bonds is 9. The summed E-state index contributed by atoms with van der Waals surface area (Å²) in [6.45, 7) is 2.48. The smallest absolute Gasteiger partial charge is 0.387 e. The van der Waals surface area contributed by atoms with Crippen LogP contribution in [0.15, 0.2) is 48.2 Å². The van der Waals surface area contributed by atoms with Crippen LogP contribution < -0.4 is 10.1 Å². The highest BCUT2D eigenvalue weighted by Gasteiger charge is 2.37. The van der Waals surface area contributed by atoms with Crippen LogP contribution in [0, 0.1) is 0 Å². The van der Waals surface area contributed by atoms with Crippen LogP contribution in [-0.2, 0) is 14.3 Å². The monoisotopic (exact) mass is 396 g/mol. The molecule has 1 unspecified atom stereocenters. The fraction of sp³-hybridized carbons (Fsp3) is 0.368. The zero-order valence-corrected chi connectivity index (χ0v) is 15.6. The van der Waals surface area contributed by atoms with Gasteiger partial charge in [-0.15, -0.1) is 6.58 Å². The second kappa shape index (κ2) is 9.84. The number of allylic oxidation sites excluding steroid dienone is 1. The molecule has 0 saturated carbocycles. The zero-order chi connectivity index (χ0) is 20.7. The van der Waals surface area contributed by atoms with Crippen LogP contribution in [0.5, 0.6) is 5.75 Å². The van der Waals surface area contributed by atoms with Gasteiger partial charge in [-0.1, -0.05) is 24.3 Å². The van der Waals surface area contributed by atoms with E-state index < -0.39 is 24.7 Å². The van der Waals surface area contributed by atoms with Crippen molar-refractivity contribution >= 4 is 12.0 Å². The van der Waals surface area contributed by atoms with E-state index >= 15 is 0 Å². The number of hydrogen-bond donors (Lipinski definition) is 1. The van der Waals surface area contributed by atoms with E-state index in [1.54, 1.807) is 13.0 Å². The number of benzene rings is 1. The van der Waals surface area contributed by atoms with Crippen LogP contribution in [0.2, 0.25) is 0 Å². The maximum atomic E-state index is 12.8. The highest BCUT2D eigenvalue weighted by molar-refractivity contribution is 5.95. The van der Waals surface area contributed by atoms with Gasteiger partial charge in [0.25, 0.3) is 0 Å². The summed E-state index contributed by atoms with van der Waals surface area (Å²) in [7, 11) is 1.46. The number of urea groups is 1. The minimum atomic E-state index is -3.06. The second-order valence-electron chi connectivity index (χ2n) is 5.83. The lowest BCUT2D eigenvalue weighted by molar-refractivity contribution is -0.140. The molecular formula is C19H22F2N2O5. The van der Waals surface area contributed by atoms with Gasteiger partial charge < -0.3 is 19.5 Å². The molecule has 1 aromatic carbocycles. The van der Waals surface area contributed by atoms with Gasteiger partial charge in [0.2, 0.25) is 0 Å². The number of halogens is 2. The molecule has 0 spiro atoms. The van der Waals surface area contributed by atoms with Crippen LogP contribution in [0.3, 0.4) is 0 Å². The molecule has 1 aromatic rings. The van der Waals surface area contributed by atoms with Crippen molar-refractivity contribution in [2.75, 3.05) is 26.9 Å². The van der Waals surface area contributed by atoms with Crippen molar-refractivity contribution in [3.8, 4) is 5.75 Å². The third-order valence-electron chi connectivity index (χ3n) is 4.09. The van der Waals surface area contributed by atoms with Gasteiger partial charge in [-0.2, -0.15) is 8.78 Å². The molecule has 0 fully saturated rings. The number of nitrogens with one attached hydrogen (secondary N) is 1. The third-order valence-corrected chi connectivity index (χ3v) is 4.09. The Kier molecular flexibility index (Phi) is 7.51. The van der Waals surface area contributed by atoms with Gasteiger partial charge in [0, 0.05) is 24.9 Å². The summed E-state index contributed by atoms with van der Waals surface area (Å²) in [5.41, 5.74) is 0.665. The Morgan fingerprint density at radius 2 is 2.07 bits per heavy atom. The number of hydrogen-bond acceptors (Lipinski definition) is 5. The molecule has 1 aliphatic heterocycles. The van der Waals surface area contributed by atoms with Crippen LogP contribution in [0.4, 0.5) is 13.6 Å². The average Bonchev–Trinajstić information content (AvgIpc) is 2.64. The van der Waals surface area contributed by atoms with E-state index in [9.17, 15) is 18.4 Å². The normalized spacial score (nSPS) is 16.8. The summed E-state index contributed by atoms with van der Waals surface area (Å²) < 4.78 is 40.2. The molecule has 1 N–H and O–H groups in total. The van der Waals surface area contributed by atoms with Gasteiger partial charge in [0.15, 0.2) is 0 Å². The molecule has 1 aliphatic rings. The molecule has 1 heterocycles. The van der Waals surface area contributed by atoms with Gasteiger partial charge in [-0.25, -0.2) is 9.59 Å².